The first-order valence-corrected chi connectivity index (χ1v) is 9.36. The summed E-state index contributed by atoms with van der Waals surface area (Å²) < 4.78 is 13.2. The van der Waals surface area contributed by atoms with E-state index in [-0.39, 0.29) is 5.82 Å². The molecule has 1 aliphatic rings. The Morgan fingerprint density at radius 1 is 0.808 bits per heavy atom. The average molecular weight is 345 g/mol. The minimum Gasteiger partial charge on any atom is -0.295 e. The maximum Gasteiger partial charge on any atom is 0.123 e. The third kappa shape index (κ3) is 4.03. The molecule has 0 aliphatic carbocycles. The standard InChI is InChI=1S/C24H24FN/c25-23-12-10-20(11-13-23)17-26-15-14-21(16-19-6-2-1-3-7-19)24-9-5-4-8-22(24)18-26/h1-13,21H,14-18H2. The molecule has 132 valence electrons. The molecule has 0 bridgehead atoms. The predicted molar refractivity (Wildman–Crippen MR) is 104 cm³/mol. The first kappa shape index (κ1) is 17.0. The van der Waals surface area contributed by atoms with Crippen LogP contribution in [0.15, 0.2) is 78.9 Å². The lowest BCUT2D eigenvalue weighted by Crippen LogP contribution is -2.23. The van der Waals surface area contributed by atoms with Crippen LogP contribution in [0.25, 0.3) is 0 Å². The van der Waals surface area contributed by atoms with Gasteiger partial charge in [0.1, 0.15) is 5.82 Å². The van der Waals surface area contributed by atoms with Gasteiger partial charge in [0, 0.05) is 13.1 Å². The van der Waals surface area contributed by atoms with Gasteiger partial charge in [-0.1, -0.05) is 66.7 Å². The lowest BCUT2D eigenvalue weighted by molar-refractivity contribution is 0.256. The Labute approximate surface area is 155 Å². The quantitative estimate of drug-likeness (QED) is 0.598. The van der Waals surface area contributed by atoms with Crippen molar-refractivity contribution in [1.29, 1.82) is 0 Å². The number of halogens is 1. The van der Waals surface area contributed by atoms with E-state index in [4.69, 9.17) is 0 Å². The van der Waals surface area contributed by atoms with Crippen molar-refractivity contribution in [2.75, 3.05) is 6.54 Å². The van der Waals surface area contributed by atoms with Crippen molar-refractivity contribution in [1.82, 2.24) is 4.90 Å². The largest absolute Gasteiger partial charge is 0.295 e. The van der Waals surface area contributed by atoms with E-state index < -0.39 is 0 Å². The van der Waals surface area contributed by atoms with E-state index in [1.807, 2.05) is 12.1 Å². The molecule has 0 radical (unpaired) electrons. The van der Waals surface area contributed by atoms with Gasteiger partial charge in [0.05, 0.1) is 0 Å². The summed E-state index contributed by atoms with van der Waals surface area (Å²) in [6.07, 6.45) is 2.23. The van der Waals surface area contributed by atoms with Gasteiger partial charge >= 0.3 is 0 Å². The summed E-state index contributed by atoms with van der Waals surface area (Å²) in [6, 6.07) is 26.5. The maximum atomic E-state index is 13.2. The zero-order valence-corrected chi connectivity index (χ0v) is 14.9. The topological polar surface area (TPSA) is 3.24 Å². The van der Waals surface area contributed by atoms with Gasteiger partial charge in [-0.3, -0.25) is 4.90 Å². The van der Waals surface area contributed by atoms with Crippen LogP contribution in [-0.4, -0.2) is 11.4 Å². The number of nitrogens with zero attached hydrogens (tertiary/aromatic N) is 1. The van der Waals surface area contributed by atoms with Crippen molar-refractivity contribution in [3.8, 4) is 0 Å². The summed E-state index contributed by atoms with van der Waals surface area (Å²) >= 11 is 0. The third-order valence-corrected chi connectivity index (χ3v) is 5.33. The SMILES string of the molecule is Fc1ccc(CN2CCC(Cc3ccccc3)c3ccccc3C2)cc1. The smallest absolute Gasteiger partial charge is 0.123 e. The van der Waals surface area contributed by atoms with Crippen LogP contribution in [0.2, 0.25) is 0 Å². The van der Waals surface area contributed by atoms with Crippen LogP contribution in [0, 0.1) is 5.82 Å². The lowest BCUT2D eigenvalue weighted by Gasteiger charge is -2.20. The molecule has 0 N–H and O–H groups in total. The van der Waals surface area contributed by atoms with Gasteiger partial charge in [-0.05, 0) is 59.7 Å². The van der Waals surface area contributed by atoms with Crippen molar-refractivity contribution in [2.45, 2.75) is 31.8 Å². The van der Waals surface area contributed by atoms with Gasteiger partial charge in [-0.15, -0.1) is 0 Å². The van der Waals surface area contributed by atoms with E-state index in [2.05, 4.69) is 59.5 Å². The van der Waals surface area contributed by atoms with E-state index in [0.717, 1.165) is 32.5 Å². The molecule has 2 heteroatoms. The Bertz CT molecular complexity index is 842. The summed E-state index contributed by atoms with van der Waals surface area (Å²) in [5.74, 6) is 0.379. The highest BCUT2D eigenvalue weighted by Gasteiger charge is 2.22. The van der Waals surface area contributed by atoms with Crippen LogP contribution >= 0.6 is 0 Å². The van der Waals surface area contributed by atoms with Crippen molar-refractivity contribution in [3.63, 3.8) is 0 Å². The molecule has 1 nitrogen and oxygen atoms in total. The zero-order chi connectivity index (χ0) is 17.8. The monoisotopic (exact) mass is 345 g/mol. The summed E-state index contributed by atoms with van der Waals surface area (Å²) in [5, 5.41) is 0. The van der Waals surface area contributed by atoms with Gasteiger partial charge in [-0.25, -0.2) is 4.39 Å². The third-order valence-electron chi connectivity index (χ3n) is 5.33. The Morgan fingerprint density at radius 3 is 2.35 bits per heavy atom. The van der Waals surface area contributed by atoms with Crippen LogP contribution in [0.1, 0.15) is 34.6 Å². The van der Waals surface area contributed by atoms with E-state index in [1.54, 1.807) is 12.1 Å². The second-order valence-corrected chi connectivity index (χ2v) is 7.21. The Kier molecular flexibility index (Phi) is 5.12. The average Bonchev–Trinajstić information content (AvgIpc) is 2.84. The van der Waals surface area contributed by atoms with Crippen molar-refractivity contribution < 1.29 is 4.39 Å². The molecule has 1 heterocycles. The molecule has 1 aliphatic heterocycles. The van der Waals surface area contributed by atoms with Crippen LogP contribution in [-0.2, 0) is 19.5 Å². The molecule has 1 unspecified atom stereocenters. The second-order valence-electron chi connectivity index (χ2n) is 7.21. The van der Waals surface area contributed by atoms with Crippen LogP contribution in [0.5, 0.6) is 0 Å². The van der Waals surface area contributed by atoms with Gasteiger partial charge < -0.3 is 0 Å². The Balaban J connectivity index is 1.54. The molecule has 0 saturated heterocycles. The summed E-state index contributed by atoms with van der Waals surface area (Å²) in [4.78, 5) is 2.48. The van der Waals surface area contributed by atoms with Gasteiger partial charge in [0.2, 0.25) is 0 Å². The molecular weight excluding hydrogens is 321 g/mol. The van der Waals surface area contributed by atoms with Crippen LogP contribution in [0.3, 0.4) is 0 Å². The fraction of sp³-hybridized carbons (Fsp3) is 0.250. The minimum atomic E-state index is -0.169. The Hall–Kier alpha value is -2.45. The zero-order valence-electron chi connectivity index (χ0n) is 14.9. The van der Waals surface area contributed by atoms with Crippen molar-refractivity contribution in [2.24, 2.45) is 0 Å². The van der Waals surface area contributed by atoms with Gasteiger partial charge in [-0.2, -0.15) is 0 Å². The molecular formula is C24H24FN. The molecule has 0 amide bonds. The number of rotatable bonds is 4. The molecule has 4 rings (SSSR count). The van der Waals surface area contributed by atoms with E-state index in [9.17, 15) is 4.39 Å². The highest BCUT2D eigenvalue weighted by molar-refractivity contribution is 5.33. The fourth-order valence-electron chi connectivity index (χ4n) is 3.98. The normalized spacial score (nSPS) is 17.5. The lowest BCUT2D eigenvalue weighted by atomic mass is 9.87. The minimum absolute atomic E-state index is 0.169. The molecule has 0 saturated carbocycles. The van der Waals surface area contributed by atoms with Crippen LogP contribution in [0.4, 0.5) is 4.39 Å². The first-order valence-electron chi connectivity index (χ1n) is 9.36. The fourth-order valence-corrected chi connectivity index (χ4v) is 3.98. The van der Waals surface area contributed by atoms with E-state index in [0.29, 0.717) is 5.92 Å². The highest BCUT2D eigenvalue weighted by atomic mass is 19.1. The van der Waals surface area contributed by atoms with Crippen molar-refractivity contribution >= 4 is 0 Å². The second kappa shape index (κ2) is 7.84. The number of fused-ring (bicyclic) bond motifs is 1. The maximum absolute atomic E-state index is 13.2. The molecule has 26 heavy (non-hydrogen) atoms. The van der Waals surface area contributed by atoms with Gasteiger partial charge in [0.15, 0.2) is 0 Å². The molecule has 1 atom stereocenters. The number of benzene rings is 3. The Morgan fingerprint density at radius 2 is 1.54 bits per heavy atom. The van der Waals surface area contributed by atoms with Gasteiger partial charge in [0.25, 0.3) is 0 Å². The van der Waals surface area contributed by atoms with E-state index >= 15 is 0 Å². The molecule has 3 aromatic carbocycles. The molecule has 3 aromatic rings. The molecule has 0 aromatic heterocycles. The summed E-state index contributed by atoms with van der Waals surface area (Å²) in [7, 11) is 0. The number of hydrogen-bond acceptors (Lipinski definition) is 1. The number of hydrogen-bond donors (Lipinski definition) is 0. The predicted octanol–water partition coefficient (Wildman–Crippen LogP) is 5.56. The summed E-state index contributed by atoms with van der Waals surface area (Å²) in [6.45, 7) is 2.88. The molecule has 0 spiro atoms. The first-order chi connectivity index (χ1) is 12.8. The van der Waals surface area contributed by atoms with E-state index in [1.165, 1.54) is 22.3 Å². The highest BCUT2D eigenvalue weighted by Crippen LogP contribution is 2.31. The van der Waals surface area contributed by atoms with Crippen molar-refractivity contribution in [3.05, 3.63) is 107 Å². The molecule has 0 fully saturated rings. The van der Waals surface area contributed by atoms with Crippen LogP contribution < -0.4 is 0 Å². The summed E-state index contributed by atoms with van der Waals surface area (Å²) in [5.41, 5.74) is 5.48.